The summed E-state index contributed by atoms with van der Waals surface area (Å²) in [4.78, 5) is 20.0. The highest BCUT2D eigenvalue weighted by Gasteiger charge is 2.18. The van der Waals surface area contributed by atoms with E-state index in [0.717, 1.165) is 16.2 Å². The van der Waals surface area contributed by atoms with Crippen LogP contribution in [0.25, 0.3) is 10.2 Å². The van der Waals surface area contributed by atoms with Crippen molar-refractivity contribution in [3.63, 3.8) is 0 Å². The normalized spacial score (nSPS) is 12.4. The highest BCUT2D eigenvalue weighted by molar-refractivity contribution is 7.18. The molecule has 2 aromatic carbocycles. The molecule has 0 aliphatic heterocycles. The van der Waals surface area contributed by atoms with Gasteiger partial charge in [0.05, 0.1) is 22.8 Å². The average Bonchev–Trinajstić information content (AvgIpc) is 3.10. The van der Waals surface area contributed by atoms with Crippen molar-refractivity contribution in [1.82, 2.24) is 24.8 Å². The summed E-state index contributed by atoms with van der Waals surface area (Å²) in [5, 5.41) is 4.23. The van der Waals surface area contributed by atoms with Crippen molar-refractivity contribution >= 4 is 39.1 Å². The fourth-order valence-corrected chi connectivity index (χ4v) is 3.87. The Labute approximate surface area is 167 Å². The van der Waals surface area contributed by atoms with Gasteiger partial charge in [0, 0.05) is 5.69 Å². The van der Waals surface area contributed by atoms with Crippen molar-refractivity contribution in [1.29, 1.82) is 0 Å². The molecular formula is C20H21N7S. The molecule has 0 spiro atoms. The molecule has 1 atom stereocenters. The van der Waals surface area contributed by atoms with Gasteiger partial charge in [0.2, 0.25) is 11.9 Å². The highest BCUT2D eigenvalue weighted by atomic mass is 32.1. The second kappa shape index (κ2) is 7.87. The van der Waals surface area contributed by atoms with Gasteiger partial charge in [0.1, 0.15) is 5.01 Å². The maximum atomic E-state index is 5.92. The van der Waals surface area contributed by atoms with Gasteiger partial charge in [-0.15, -0.1) is 11.3 Å². The molecule has 2 heterocycles. The van der Waals surface area contributed by atoms with E-state index in [1.54, 1.807) is 11.3 Å². The number of thiazole rings is 1. The van der Waals surface area contributed by atoms with Crippen LogP contribution < -0.4 is 11.1 Å². The molecule has 1 unspecified atom stereocenters. The van der Waals surface area contributed by atoms with Crippen LogP contribution in [-0.2, 0) is 6.54 Å². The minimum absolute atomic E-state index is 0.0476. The van der Waals surface area contributed by atoms with Gasteiger partial charge in [-0.05, 0) is 38.2 Å². The molecule has 0 radical (unpaired) electrons. The van der Waals surface area contributed by atoms with Crippen molar-refractivity contribution in [2.75, 3.05) is 18.1 Å². The maximum absolute atomic E-state index is 5.92. The monoisotopic (exact) mass is 391 g/mol. The standard InChI is InChI=1S/C20H21N7S/c1-13(27(2)12-17-23-15-10-6-7-11-16(15)28-17)18-24-19(21)26-20(25-18)22-14-8-4-3-5-9-14/h3-11,13H,12H2,1-2H3,(H3,21,22,24,25,26). The van der Waals surface area contributed by atoms with Crippen LogP contribution in [0.1, 0.15) is 23.8 Å². The summed E-state index contributed by atoms with van der Waals surface area (Å²) in [6.45, 7) is 2.75. The van der Waals surface area contributed by atoms with E-state index >= 15 is 0 Å². The second-order valence-electron chi connectivity index (χ2n) is 6.53. The Bertz CT molecular complexity index is 1050. The van der Waals surface area contributed by atoms with Gasteiger partial charge in [-0.3, -0.25) is 4.90 Å². The van der Waals surface area contributed by atoms with E-state index in [-0.39, 0.29) is 12.0 Å². The van der Waals surface area contributed by atoms with E-state index in [1.165, 1.54) is 4.70 Å². The molecular weight excluding hydrogens is 370 g/mol. The Morgan fingerprint density at radius 3 is 2.54 bits per heavy atom. The van der Waals surface area contributed by atoms with E-state index in [9.17, 15) is 0 Å². The van der Waals surface area contributed by atoms with Gasteiger partial charge in [-0.25, -0.2) is 4.98 Å². The van der Waals surface area contributed by atoms with Crippen molar-refractivity contribution in [3.05, 3.63) is 65.4 Å². The van der Waals surface area contributed by atoms with E-state index in [4.69, 9.17) is 10.7 Å². The summed E-state index contributed by atoms with van der Waals surface area (Å²) in [6.07, 6.45) is 0. The number of nitrogen functional groups attached to an aromatic ring is 1. The van der Waals surface area contributed by atoms with Crippen molar-refractivity contribution in [2.24, 2.45) is 0 Å². The van der Waals surface area contributed by atoms with Gasteiger partial charge >= 0.3 is 0 Å². The molecule has 3 N–H and O–H groups in total. The first kappa shape index (κ1) is 18.3. The smallest absolute Gasteiger partial charge is 0.232 e. The highest BCUT2D eigenvalue weighted by Crippen LogP contribution is 2.25. The zero-order valence-electron chi connectivity index (χ0n) is 15.7. The number of nitrogens with two attached hydrogens (primary N) is 1. The summed E-state index contributed by atoms with van der Waals surface area (Å²) >= 11 is 1.70. The first-order valence-corrected chi connectivity index (χ1v) is 9.78. The number of rotatable bonds is 6. The van der Waals surface area contributed by atoms with Crippen molar-refractivity contribution in [3.8, 4) is 0 Å². The first-order valence-electron chi connectivity index (χ1n) is 8.97. The predicted molar refractivity (Wildman–Crippen MR) is 113 cm³/mol. The van der Waals surface area contributed by atoms with Gasteiger partial charge in [0.15, 0.2) is 5.82 Å². The molecule has 0 bridgehead atoms. The number of aromatic nitrogens is 4. The molecule has 0 aliphatic carbocycles. The van der Waals surface area contributed by atoms with Crippen LogP contribution in [0.3, 0.4) is 0 Å². The number of para-hydroxylation sites is 2. The molecule has 7 nitrogen and oxygen atoms in total. The van der Waals surface area contributed by atoms with Gasteiger partial charge < -0.3 is 11.1 Å². The Morgan fingerprint density at radius 2 is 1.75 bits per heavy atom. The molecule has 0 saturated heterocycles. The van der Waals surface area contributed by atoms with Crippen LogP contribution in [0.5, 0.6) is 0 Å². The summed E-state index contributed by atoms with van der Waals surface area (Å²) in [6, 6.07) is 17.9. The third-order valence-electron chi connectivity index (χ3n) is 4.46. The molecule has 0 aliphatic rings. The Balaban J connectivity index is 1.52. The lowest BCUT2D eigenvalue weighted by Crippen LogP contribution is -2.24. The van der Waals surface area contributed by atoms with Crippen LogP contribution >= 0.6 is 11.3 Å². The van der Waals surface area contributed by atoms with E-state index in [1.807, 2.05) is 62.5 Å². The van der Waals surface area contributed by atoms with Gasteiger partial charge in [0.25, 0.3) is 0 Å². The summed E-state index contributed by atoms with van der Waals surface area (Å²) in [7, 11) is 2.03. The molecule has 0 saturated carbocycles. The summed E-state index contributed by atoms with van der Waals surface area (Å²) < 4.78 is 1.19. The average molecular weight is 392 g/mol. The third kappa shape index (κ3) is 4.08. The SMILES string of the molecule is CC(c1nc(N)nc(Nc2ccccc2)n1)N(C)Cc1nc2ccccc2s1. The molecule has 8 heteroatoms. The van der Waals surface area contributed by atoms with Crippen LogP contribution in [0.15, 0.2) is 54.6 Å². The topological polar surface area (TPSA) is 92.8 Å². The molecule has 0 amide bonds. The predicted octanol–water partition coefficient (Wildman–Crippen LogP) is 4.00. The number of benzene rings is 2. The van der Waals surface area contributed by atoms with Crippen LogP contribution in [-0.4, -0.2) is 31.9 Å². The first-order chi connectivity index (χ1) is 13.6. The zero-order chi connectivity index (χ0) is 19.5. The second-order valence-corrected chi connectivity index (χ2v) is 7.65. The molecule has 2 aromatic heterocycles. The minimum Gasteiger partial charge on any atom is -0.368 e. The molecule has 28 heavy (non-hydrogen) atoms. The quantitative estimate of drug-likeness (QED) is 0.513. The number of nitrogens with zero attached hydrogens (tertiary/aromatic N) is 5. The summed E-state index contributed by atoms with van der Waals surface area (Å²) in [5.41, 5.74) is 7.85. The third-order valence-corrected chi connectivity index (χ3v) is 5.48. The number of fused-ring (bicyclic) bond motifs is 1. The largest absolute Gasteiger partial charge is 0.368 e. The molecule has 4 aromatic rings. The van der Waals surface area contributed by atoms with Crippen molar-refractivity contribution in [2.45, 2.75) is 19.5 Å². The van der Waals surface area contributed by atoms with Crippen LogP contribution in [0, 0.1) is 0 Å². The Hall–Kier alpha value is -3.10. The lowest BCUT2D eigenvalue weighted by molar-refractivity contribution is 0.243. The van der Waals surface area contributed by atoms with E-state index in [0.29, 0.717) is 18.3 Å². The van der Waals surface area contributed by atoms with Crippen LogP contribution in [0.2, 0.25) is 0 Å². The Kier molecular flexibility index (Phi) is 5.14. The number of hydrogen-bond acceptors (Lipinski definition) is 8. The number of hydrogen-bond donors (Lipinski definition) is 2. The number of nitrogens with one attached hydrogen (secondary N) is 1. The lowest BCUT2D eigenvalue weighted by Gasteiger charge is -2.22. The maximum Gasteiger partial charge on any atom is 0.232 e. The van der Waals surface area contributed by atoms with Crippen LogP contribution in [0.4, 0.5) is 17.6 Å². The minimum atomic E-state index is -0.0476. The van der Waals surface area contributed by atoms with Crippen molar-refractivity contribution < 1.29 is 0 Å². The van der Waals surface area contributed by atoms with Gasteiger partial charge in [-0.2, -0.15) is 15.0 Å². The summed E-state index contributed by atoms with van der Waals surface area (Å²) in [5.74, 6) is 1.26. The lowest BCUT2D eigenvalue weighted by atomic mass is 10.3. The van der Waals surface area contributed by atoms with E-state index < -0.39 is 0 Å². The molecule has 4 rings (SSSR count). The fourth-order valence-electron chi connectivity index (χ4n) is 2.84. The van der Waals surface area contributed by atoms with E-state index in [2.05, 4.69) is 31.2 Å². The molecule has 142 valence electrons. The Morgan fingerprint density at radius 1 is 1.00 bits per heavy atom. The van der Waals surface area contributed by atoms with Gasteiger partial charge in [-0.1, -0.05) is 30.3 Å². The molecule has 0 fully saturated rings. The number of anilines is 3. The zero-order valence-corrected chi connectivity index (χ0v) is 16.5. The fraction of sp³-hybridized carbons (Fsp3) is 0.200.